The normalized spacial score (nSPS) is 11.0. The first kappa shape index (κ1) is 15.3. The standard InChI is InChI=1S/C19H19FN2O/c1-14(2)22-9-8-19(21-22)16-10-17(20)12-18(11-16)23-13-15-6-4-3-5-7-15/h3-12,14H,13H2,1-2H3. The minimum absolute atomic E-state index is 0.270. The molecule has 0 aliphatic heterocycles. The van der Waals surface area contributed by atoms with Gasteiger partial charge in [-0.2, -0.15) is 5.10 Å². The predicted molar refractivity (Wildman–Crippen MR) is 88.8 cm³/mol. The van der Waals surface area contributed by atoms with E-state index in [1.807, 2.05) is 53.3 Å². The van der Waals surface area contributed by atoms with Crippen LogP contribution in [0.4, 0.5) is 4.39 Å². The van der Waals surface area contributed by atoms with Crippen LogP contribution >= 0.6 is 0 Å². The van der Waals surface area contributed by atoms with E-state index in [2.05, 4.69) is 18.9 Å². The quantitative estimate of drug-likeness (QED) is 0.673. The van der Waals surface area contributed by atoms with Crippen molar-refractivity contribution in [2.24, 2.45) is 0 Å². The summed E-state index contributed by atoms with van der Waals surface area (Å²) in [6.07, 6.45) is 1.90. The van der Waals surface area contributed by atoms with Crippen molar-refractivity contribution >= 4 is 0 Å². The number of benzene rings is 2. The highest BCUT2D eigenvalue weighted by molar-refractivity contribution is 5.61. The Morgan fingerprint density at radius 2 is 1.87 bits per heavy atom. The van der Waals surface area contributed by atoms with Gasteiger partial charge in [-0.3, -0.25) is 4.68 Å². The second-order valence-corrected chi connectivity index (χ2v) is 5.72. The molecule has 0 spiro atoms. The summed E-state index contributed by atoms with van der Waals surface area (Å²) < 4.78 is 21.5. The van der Waals surface area contributed by atoms with Crippen molar-refractivity contribution in [2.75, 3.05) is 0 Å². The summed E-state index contributed by atoms with van der Waals surface area (Å²) in [5.74, 6) is 0.174. The predicted octanol–water partition coefficient (Wildman–Crippen LogP) is 4.85. The third-order valence-electron chi connectivity index (χ3n) is 3.55. The van der Waals surface area contributed by atoms with Crippen LogP contribution in [0.1, 0.15) is 25.5 Å². The lowest BCUT2D eigenvalue weighted by atomic mass is 10.1. The summed E-state index contributed by atoms with van der Waals surface area (Å²) >= 11 is 0. The summed E-state index contributed by atoms with van der Waals surface area (Å²) in [5.41, 5.74) is 2.50. The van der Waals surface area contributed by atoms with Gasteiger partial charge in [0.2, 0.25) is 0 Å². The third-order valence-corrected chi connectivity index (χ3v) is 3.55. The van der Waals surface area contributed by atoms with E-state index in [9.17, 15) is 4.39 Å². The molecular formula is C19H19FN2O. The summed E-state index contributed by atoms with van der Waals surface area (Å²) in [4.78, 5) is 0. The molecule has 0 saturated heterocycles. The molecule has 1 aromatic heterocycles. The molecule has 0 radical (unpaired) electrons. The molecule has 1 heterocycles. The number of hydrogen-bond acceptors (Lipinski definition) is 2. The van der Waals surface area contributed by atoms with Gasteiger partial charge in [0.15, 0.2) is 0 Å². The third kappa shape index (κ3) is 3.77. The Hall–Kier alpha value is -2.62. The zero-order valence-corrected chi connectivity index (χ0v) is 13.2. The number of nitrogens with zero attached hydrogens (tertiary/aromatic N) is 2. The van der Waals surface area contributed by atoms with Crippen molar-refractivity contribution in [3.8, 4) is 17.0 Å². The molecule has 3 nitrogen and oxygen atoms in total. The molecule has 3 rings (SSSR count). The van der Waals surface area contributed by atoms with Crippen LogP contribution in [0.2, 0.25) is 0 Å². The number of halogens is 1. The van der Waals surface area contributed by atoms with E-state index in [0.717, 1.165) is 11.3 Å². The summed E-state index contributed by atoms with van der Waals surface area (Å²) in [6.45, 7) is 4.51. The van der Waals surface area contributed by atoms with E-state index in [-0.39, 0.29) is 11.9 Å². The van der Waals surface area contributed by atoms with Gasteiger partial charge in [0.25, 0.3) is 0 Å². The fourth-order valence-electron chi connectivity index (χ4n) is 2.31. The topological polar surface area (TPSA) is 27.1 Å². The maximum absolute atomic E-state index is 13.9. The van der Waals surface area contributed by atoms with Gasteiger partial charge in [-0.1, -0.05) is 30.3 Å². The van der Waals surface area contributed by atoms with Gasteiger partial charge in [0.05, 0.1) is 5.69 Å². The van der Waals surface area contributed by atoms with Gasteiger partial charge in [-0.15, -0.1) is 0 Å². The zero-order valence-electron chi connectivity index (χ0n) is 13.2. The van der Waals surface area contributed by atoms with Gasteiger partial charge in [-0.25, -0.2) is 4.39 Å². The lowest BCUT2D eigenvalue weighted by molar-refractivity contribution is 0.305. The number of rotatable bonds is 5. The molecule has 0 atom stereocenters. The zero-order chi connectivity index (χ0) is 16.2. The van der Waals surface area contributed by atoms with Crippen LogP contribution in [0.3, 0.4) is 0 Å². The molecule has 0 N–H and O–H groups in total. The van der Waals surface area contributed by atoms with Crippen molar-refractivity contribution in [1.82, 2.24) is 9.78 Å². The first-order valence-electron chi connectivity index (χ1n) is 7.64. The Labute approximate surface area is 135 Å². The van der Waals surface area contributed by atoms with Crippen LogP contribution in [0.15, 0.2) is 60.8 Å². The summed E-state index contributed by atoms with van der Waals surface area (Å²) in [5, 5.41) is 4.47. The van der Waals surface area contributed by atoms with E-state index in [1.54, 1.807) is 0 Å². The molecule has 3 aromatic rings. The Morgan fingerprint density at radius 1 is 1.09 bits per heavy atom. The summed E-state index contributed by atoms with van der Waals surface area (Å²) in [6, 6.07) is 16.7. The molecule has 2 aromatic carbocycles. The highest BCUT2D eigenvalue weighted by Crippen LogP contribution is 2.25. The second-order valence-electron chi connectivity index (χ2n) is 5.72. The van der Waals surface area contributed by atoms with Crippen LogP contribution < -0.4 is 4.74 Å². The second kappa shape index (κ2) is 6.65. The lowest BCUT2D eigenvalue weighted by Crippen LogP contribution is -2.01. The van der Waals surface area contributed by atoms with E-state index < -0.39 is 0 Å². The maximum Gasteiger partial charge on any atom is 0.127 e. The Balaban J connectivity index is 1.81. The van der Waals surface area contributed by atoms with Gasteiger partial charge < -0.3 is 4.74 Å². The molecule has 0 bridgehead atoms. The monoisotopic (exact) mass is 310 g/mol. The van der Waals surface area contributed by atoms with Crippen LogP contribution in [0, 0.1) is 5.82 Å². The Morgan fingerprint density at radius 3 is 2.57 bits per heavy atom. The van der Waals surface area contributed by atoms with E-state index >= 15 is 0 Å². The number of hydrogen-bond donors (Lipinski definition) is 0. The van der Waals surface area contributed by atoms with Crippen LogP contribution in [0.25, 0.3) is 11.3 Å². The molecule has 0 fully saturated rings. The highest BCUT2D eigenvalue weighted by Gasteiger charge is 2.08. The molecule has 0 unspecified atom stereocenters. The average Bonchev–Trinajstić information content (AvgIpc) is 3.04. The highest BCUT2D eigenvalue weighted by atomic mass is 19.1. The molecule has 4 heteroatoms. The van der Waals surface area contributed by atoms with Gasteiger partial charge >= 0.3 is 0 Å². The molecule has 23 heavy (non-hydrogen) atoms. The maximum atomic E-state index is 13.9. The molecular weight excluding hydrogens is 291 g/mol. The van der Waals surface area contributed by atoms with Gasteiger partial charge in [-0.05, 0) is 37.6 Å². The Kier molecular flexibility index (Phi) is 4.42. The lowest BCUT2D eigenvalue weighted by Gasteiger charge is -2.08. The largest absolute Gasteiger partial charge is 0.489 e. The molecule has 118 valence electrons. The van der Waals surface area contributed by atoms with Crippen LogP contribution in [0.5, 0.6) is 5.75 Å². The molecule has 0 amide bonds. The Bertz CT molecular complexity index is 781. The van der Waals surface area contributed by atoms with Crippen molar-refractivity contribution in [1.29, 1.82) is 0 Å². The SMILES string of the molecule is CC(C)n1ccc(-c2cc(F)cc(OCc3ccccc3)c2)n1. The van der Waals surface area contributed by atoms with Crippen LogP contribution in [-0.2, 0) is 6.61 Å². The fraction of sp³-hybridized carbons (Fsp3) is 0.211. The minimum atomic E-state index is -0.329. The number of aromatic nitrogens is 2. The first-order valence-corrected chi connectivity index (χ1v) is 7.64. The van der Waals surface area contributed by atoms with E-state index in [0.29, 0.717) is 17.9 Å². The summed E-state index contributed by atoms with van der Waals surface area (Å²) in [7, 11) is 0. The van der Waals surface area contributed by atoms with Gasteiger partial charge in [0.1, 0.15) is 18.2 Å². The molecule has 0 aliphatic rings. The van der Waals surface area contributed by atoms with Crippen molar-refractivity contribution in [3.05, 3.63) is 72.2 Å². The van der Waals surface area contributed by atoms with Crippen LogP contribution in [-0.4, -0.2) is 9.78 Å². The van der Waals surface area contributed by atoms with E-state index in [1.165, 1.54) is 12.1 Å². The minimum Gasteiger partial charge on any atom is -0.489 e. The van der Waals surface area contributed by atoms with Crippen molar-refractivity contribution in [2.45, 2.75) is 26.5 Å². The van der Waals surface area contributed by atoms with E-state index in [4.69, 9.17) is 4.74 Å². The van der Waals surface area contributed by atoms with Crippen molar-refractivity contribution in [3.63, 3.8) is 0 Å². The smallest absolute Gasteiger partial charge is 0.127 e. The van der Waals surface area contributed by atoms with Gasteiger partial charge in [0, 0.05) is 23.9 Å². The average molecular weight is 310 g/mol. The van der Waals surface area contributed by atoms with Crippen molar-refractivity contribution < 1.29 is 9.13 Å². The number of ether oxygens (including phenoxy) is 1. The first-order chi connectivity index (χ1) is 11.1. The molecule has 0 saturated carbocycles. The molecule has 0 aliphatic carbocycles. The fourth-order valence-corrected chi connectivity index (χ4v) is 2.31.